The van der Waals surface area contributed by atoms with Gasteiger partial charge in [-0.3, -0.25) is 0 Å². The van der Waals surface area contributed by atoms with Gasteiger partial charge in [0, 0.05) is 25.2 Å². The van der Waals surface area contributed by atoms with Gasteiger partial charge in [0.1, 0.15) is 0 Å². The van der Waals surface area contributed by atoms with E-state index in [1.165, 1.54) is 38.0 Å². The van der Waals surface area contributed by atoms with E-state index in [9.17, 15) is 0 Å². The molecule has 1 unspecified atom stereocenters. The molecule has 1 aromatic heterocycles. The largest absolute Gasteiger partial charge is 0.316 e. The summed E-state index contributed by atoms with van der Waals surface area (Å²) >= 11 is 0. The second kappa shape index (κ2) is 3.02. The van der Waals surface area contributed by atoms with Crippen molar-refractivity contribution in [1.82, 2.24) is 15.5 Å². The molecule has 0 aromatic carbocycles. The lowest BCUT2D eigenvalue weighted by atomic mass is 9.79. The number of nitrogens with one attached hydrogen (secondary N) is 1. The van der Waals surface area contributed by atoms with Crippen molar-refractivity contribution in [3.63, 3.8) is 0 Å². The summed E-state index contributed by atoms with van der Waals surface area (Å²) in [5.74, 6) is 0.658. The molecular formula is C11H15N3. The fourth-order valence-corrected chi connectivity index (χ4v) is 2.79. The average Bonchev–Trinajstić information content (AvgIpc) is 2.63. The lowest BCUT2D eigenvalue weighted by Gasteiger charge is -2.39. The fraction of sp³-hybridized carbons (Fsp3) is 0.636. The first-order valence-electron chi connectivity index (χ1n) is 5.36. The van der Waals surface area contributed by atoms with E-state index in [1.54, 1.807) is 6.20 Å². The van der Waals surface area contributed by atoms with Crippen LogP contribution in [-0.2, 0) is 0 Å². The van der Waals surface area contributed by atoms with Crippen molar-refractivity contribution >= 4 is 0 Å². The smallest absolute Gasteiger partial charge is 0.0662 e. The van der Waals surface area contributed by atoms with Crippen LogP contribution in [0.5, 0.6) is 0 Å². The molecule has 3 heteroatoms. The predicted molar refractivity (Wildman–Crippen MR) is 53.9 cm³/mol. The summed E-state index contributed by atoms with van der Waals surface area (Å²) in [7, 11) is 0. The van der Waals surface area contributed by atoms with Crippen LogP contribution in [0.3, 0.4) is 0 Å². The van der Waals surface area contributed by atoms with Gasteiger partial charge in [0.15, 0.2) is 0 Å². The van der Waals surface area contributed by atoms with E-state index in [0.717, 1.165) is 0 Å². The first-order valence-corrected chi connectivity index (χ1v) is 5.36. The summed E-state index contributed by atoms with van der Waals surface area (Å²) in [5.41, 5.74) is 1.80. The van der Waals surface area contributed by atoms with Gasteiger partial charge in [0.05, 0.1) is 5.69 Å². The van der Waals surface area contributed by atoms with E-state index in [4.69, 9.17) is 0 Å². The molecule has 2 aliphatic rings. The Hall–Kier alpha value is -0.960. The number of aromatic nitrogens is 2. The zero-order valence-corrected chi connectivity index (χ0v) is 8.24. The number of hydrogen-bond acceptors (Lipinski definition) is 3. The summed E-state index contributed by atoms with van der Waals surface area (Å²) in [5, 5.41) is 11.5. The van der Waals surface area contributed by atoms with Crippen molar-refractivity contribution in [3.05, 3.63) is 24.0 Å². The van der Waals surface area contributed by atoms with Gasteiger partial charge in [0.25, 0.3) is 0 Å². The first kappa shape index (κ1) is 8.36. The minimum Gasteiger partial charge on any atom is -0.316 e. The van der Waals surface area contributed by atoms with E-state index >= 15 is 0 Å². The molecule has 3 nitrogen and oxygen atoms in total. The van der Waals surface area contributed by atoms with Crippen molar-refractivity contribution in [2.75, 3.05) is 13.1 Å². The molecule has 14 heavy (non-hydrogen) atoms. The molecule has 0 bridgehead atoms. The van der Waals surface area contributed by atoms with Crippen LogP contribution >= 0.6 is 0 Å². The Morgan fingerprint density at radius 3 is 2.93 bits per heavy atom. The maximum absolute atomic E-state index is 4.21. The normalized spacial score (nSPS) is 29.0. The maximum atomic E-state index is 4.21. The molecular weight excluding hydrogens is 174 g/mol. The summed E-state index contributed by atoms with van der Waals surface area (Å²) in [6.45, 7) is 2.42. The van der Waals surface area contributed by atoms with Crippen molar-refractivity contribution in [2.24, 2.45) is 5.41 Å². The summed E-state index contributed by atoms with van der Waals surface area (Å²) in [6, 6.07) is 4.11. The predicted octanol–water partition coefficient (Wildman–Crippen LogP) is 1.33. The highest BCUT2D eigenvalue weighted by atomic mass is 15.1. The van der Waals surface area contributed by atoms with Crippen LogP contribution in [0.15, 0.2) is 18.3 Å². The van der Waals surface area contributed by atoms with Crippen molar-refractivity contribution < 1.29 is 0 Å². The van der Waals surface area contributed by atoms with Crippen molar-refractivity contribution in [3.8, 4) is 0 Å². The summed E-state index contributed by atoms with van der Waals surface area (Å²) in [4.78, 5) is 0. The van der Waals surface area contributed by atoms with E-state index in [0.29, 0.717) is 11.3 Å². The maximum Gasteiger partial charge on any atom is 0.0662 e. The van der Waals surface area contributed by atoms with E-state index in [-0.39, 0.29) is 0 Å². The monoisotopic (exact) mass is 189 g/mol. The quantitative estimate of drug-likeness (QED) is 0.724. The molecule has 1 saturated carbocycles. The highest BCUT2D eigenvalue weighted by Gasteiger charge is 2.44. The number of nitrogens with zero attached hydrogens (tertiary/aromatic N) is 2. The molecule has 3 rings (SSSR count). The number of rotatable bonds is 1. The Labute approximate surface area is 83.9 Å². The van der Waals surface area contributed by atoms with Crippen LogP contribution in [-0.4, -0.2) is 23.3 Å². The van der Waals surface area contributed by atoms with Crippen molar-refractivity contribution in [1.29, 1.82) is 0 Å². The first-order chi connectivity index (χ1) is 6.88. The molecule has 1 aromatic rings. The lowest BCUT2D eigenvalue weighted by molar-refractivity contribution is 0.175. The lowest BCUT2D eigenvalue weighted by Crippen LogP contribution is -2.51. The number of hydrogen-bond donors (Lipinski definition) is 1. The molecule has 1 atom stereocenters. The highest BCUT2D eigenvalue weighted by molar-refractivity contribution is 5.13. The molecule has 74 valence electrons. The van der Waals surface area contributed by atoms with Crippen molar-refractivity contribution in [2.45, 2.75) is 25.2 Å². The summed E-state index contributed by atoms with van der Waals surface area (Å²) in [6.07, 6.45) is 5.71. The Kier molecular flexibility index (Phi) is 1.80. The zero-order valence-electron chi connectivity index (χ0n) is 8.24. The van der Waals surface area contributed by atoms with Crippen LogP contribution in [0.2, 0.25) is 0 Å². The molecule has 2 fully saturated rings. The zero-order chi connectivity index (χ0) is 9.43. The minimum absolute atomic E-state index is 0.613. The van der Waals surface area contributed by atoms with Crippen LogP contribution in [0.1, 0.15) is 30.9 Å². The minimum atomic E-state index is 0.613. The Morgan fingerprint density at radius 1 is 1.43 bits per heavy atom. The molecule has 2 heterocycles. The Bertz CT molecular complexity index is 319. The highest BCUT2D eigenvalue weighted by Crippen LogP contribution is 2.48. The van der Waals surface area contributed by atoms with Gasteiger partial charge >= 0.3 is 0 Å². The van der Waals surface area contributed by atoms with Crippen LogP contribution < -0.4 is 5.32 Å². The molecule has 1 N–H and O–H groups in total. The fourth-order valence-electron chi connectivity index (χ4n) is 2.79. The summed E-state index contributed by atoms with van der Waals surface area (Å²) < 4.78 is 0. The molecule has 1 aliphatic carbocycles. The second-order valence-corrected chi connectivity index (χ2v) is 4.69. The average molecular weight is 189 g/mol. The molecule has 1 spiro atoms. The SMILES string of the molecule is c1cnnc(C2CCC3(CNC3)C2)c1. The van der Waals surface area contributed by atoms with Gasteiger partial charge in [-0.05, 0) is 36.8 Å². The van der Waals surface area contributed by atoms with E-state index in [2.05, 4.69) is 21.6 Å². The van der Waals surface area contributed by atoms with Crippen LogP contribution in [0, 0.1) is 5.41 Å². The van der Waals surface area contributed by atoms with E-state index < -0.39 is 0 Å². The van der Waals surface area contributed by atoms with Gasteiger partial charge in [-0.2, -0.15) is 10.2 Å². The van der Waals surface area contributed by atoms with E-state index in [1.807, 2.05) is 6.07 Å². The molecule has 1 aliphatic heterocycles. The van der Waals surface area contributed by atoms with Gasteiger partial charge in [0.2, 0.25) is 0 Å². The Balaban J connectivity index is 1.76. The standard InChI is InChI=1S/C11H15N3/c1-2-10(14-13-5-1)9-3-4-11(6-9)7-12-8-11/h1-2,5,9,12H,3-4,6-8H2. The van der Waals surface area contributed by atoms with Gasteiger partial charge < -0.3 is 5.32 Å². The van der Waals surface area contributed by atoms with Gasteiger partial charge in [-0.25, -0.2) is 0 Å². The van der Waals surface area contributed by atoms with Gasteiger partial charge in [-0.1, -0.05) is 0 Å². The van der Waals surface area contributed by atoms with Crippen LogP contribution in [0.4, 0.5) is 0 Å². The third kappa shape index (κ3) is 1.23. The second-order valence-electron chi connectivity index (χ2n) is 4.69. The third-order valence-corrected chi connectivity index (χ3v) is 3.71. The molecule has 0 amide bonds. The Morgan fingerprint density at radius 2 is 2.36 bits per heavy atom. The molecule has 1 saturated heterocycles. The van der Waals surface area contributed by atoms with Gasteiger partial charge in [-0.15, -0.1) is 0 Å². The topological polar surface area (TPSA) is 37.8 Å². The van der Waals surface area contributed by atoms with Crippen LogP contribution in [0.25, 0.3) is 0 Å². The molecule has 0 radical (unpaired) electrons. The third-order valence-electron chi connectivity index (χ3n) is 3.71.